The van der Waals surface area contributed by atoms with E-state index in [0.717, 1.165) is 11.5 Å². The van der Waals surface area contributed by atoms with Crippen molar-refractivity contribution in [2.24, 2.45) is 5.92 Å². The number of hydrogen-bond acceptors (Lipinski definition) is 2. The summed E-state index contributed by atoms with van der Waals surface area (Å²) < 4.78 is 80.7. The number of halogens is 6. The van der Waals surface area contributed by atoms with Crippen LogP contribution < -0.4 is 0 Å². The predicted octanol–water partition coefficient (Wildman–Crippen LogP) is 5.51. The number of aryl methyl sites for hydroxylation is 1. The molecule has 1 aliphatic carbocycles. The lowest BCUT2D eigenvalue weighted by molar-refractivity contribution is -0.161. The van der Waals surface area contributed by atoms with Gasteiger partial charge in [0.1, 0.15) is 5.65 Å². The average Bonchev–Trinajstić information content (AvgIpc) is 3.26. The van der Waals surface area contributed by atoms with E-state index in [2.05, 4.69) is 15.1 Å². The summed E-state index contributed by atoms with van der Waals surface area (Å²) in [6, 6.07) is 3.43. The Morgan fingerprint density at radius 2 is 1.90 bits per heavy atom. The summed E-state index contributed by atoms with van der Waals surface area (Å²) in [6.45, 7) is 1.55. The highest BCUT2D eigenvalue weighted by Crippen LogP contribution is 2.43. The zero-order chi connectivity index (χ0) is 21.0. The minimum Gasteiger partial charge on any atom is -0.346 e. The number of nitrogens with one attached hydrogen (secondary N) is 1. The Morgan fingerprint density at radius 1 is 1.14 bits per heavy atom. The molecule has 29 heavy (non-hydrogen) atoms. The number of pyridine rings is 1. The third kappa shape index (κ3) is 3.54. The smallest absolute Gasteiger partial charge is 0.346 e. The standard InChI is InChI=1S/C19H14F6N4/c1-10-15(9-29(28-10)16-3-5-27-17-14(16)2-4-26-17)11-6-12(18(20,21)22)8-13(7-11)19(23,24)25/h2-6,8-9,13H,7H2,1H3,(H,26,27)/t13-/m1/s1. The maximum atomic E-state index is 13.2. The lowest BCUT2D eigenvalue weighted by atomic mass is 9.86. The molecule has 0 unspecified atom stereocenters. The van der Waals surface area contributed by atoms with Gasteiger partial charge in [-0.05, 0) is 37.1 Å². The van der Waals surface area contributed by atoms with Crippen LogP contribution in [0, 0.1) is 12.8 Å². The van der Waals surface area contributed by atoms with E-state index in [1.807, 2.05) is 0 Å². The van der Waals surface area contributed by atoms with Crippen LogP contribution in [-0.2, 0) is 0 Å². The van der Waals surface area contributed by atoms with Crippen LogP contribution in [0.2, 0.25) is 0 Å². The Hall–Kier alpha value is -3.04. The van der Waals surface area contributed by atoms with Crippen molar-refractivity contribution in [1.29, 1.82) is 0 Å². The Morgan fingerprint density at radius 3 is 2.59 bits per heavy atom. The van der Waals surface area contributed by atoms with Gasteiger partial charge < -0.3 is 4.98 Å². The van der Waals surface area contributed by atoms with Crippen LogP contribution in [-0.4, -0.2) is 32.1 Å². The molecular formula is C19H14F6N4. The SMILES string of the molecule is Cc1nn(-c2ccnc3[nH]ccc23)cc1C1=CC(C(F)(F)F)=C[C@H](C(F)(F)F)C1. The molecule has 0 saturated heterocycles. The quantitative estimate of drug-likeness (QED) is 0.564. The van der Waals surface area contributed by atoms with Crippen molar-refractivity contribution in [3.63, 3.8) is 0 Å². The van der Waals surface area contributed by atoms with Gasteiger partial charge in [-0.1, -0.05) is 6.08 Å². The number of rotatable bonds is 2. The first-order valence-electron chi connectivity index (χ1n) is 8.59. The van der Waals surface area contributed by atoms with Gasteiger partial charge in [-0.25, -0.2) is 9.67 Å². The number of nitrogens with zero attached hydrogens (tertiary/aromatic N) is 3. The van der Waals surface area contributed by atoms with Gasteiger partial charge in [-0.15, -0.1) is 0 Å². The van der Waals surface area contributed by atoms with Crippen LogP contribution in [0.25, 0.3) is 22.3 Å². The van der Waals surface area contributed by atoms with E-state index in [0.29, 0.717) is 17.0 Å². The van der Waals surface area contributed by atoms with Gasteiger partial charge in [-0.3, -0.25) is 0 Å². The maximum Gasteiger partial charge on any atom is 0.416 e. The first-order valence-corrected chi connectivity index (χ1v) is 8.59. The lowest BCUT2D eigenvalue weighted by Crippen LogP contribution is -2.26. The van der Waals surface area contributed by atoms with Crippen molar-refractivity contribution in [1.82, 2.24) is 19.7 Å². The molecule has 0 saturated carbocycles. The van der Waals surface area contributed by atoms with E-state index >= 15 is 0 Å². The molecule has 1 atom stereocenters. The van der Waals surface area contributed by atoms with Gasteiger partial charge in [0, 0.05) is 29.5 Å². The second-order valence-electron chi connectivity index (χ2n) is 6.78. The molecule has 0 fully saturated rings. The highest BCUT2D eigenvalue weighted by molar-refractivity contribution is 5.84. The molecule has 1 aliphatic rings. The Balaban J connectivity index is 1.80. The topological polar surface area (TPSA) is 46.5 Å². The van der Waals surface area contributed by atoms with Crippen LogP contribution in [0.4, 0.5) is 26.3 Å². The number of H-pyrrole nitrogens is 1. The lowest BCUT2D eigenvalue weighted by Gasteiger charge is -2.24. The molecule has 3 heterocycles. The molecule has 4 rings (SSSR count). The molecule has 10 heteroatoms. The van der Waals surface area contributed by atoms with Crippen molar-refractivity contribution < 1.29 is 26.3 Å². The highest BCUT2D eigenvalue weighted by Gasteiger charge is 2.44. The molecule has 3 aromatic rings. The average molecular weight is 412 g/mol. The third-order valence-electron chi connectivity index (χ3n) is 4.83. The third-order valence-corrected chi connectivity index (χ3v) is 4.83. The van der Waals surface area contributed by atoms with Crippen LogP contribution in [0.3, 0.4) is 0 Å². The number of fused-ring (bicyclic) bond motifs is 1. The fraction of sp³-hybridized carbons (Fsp3) is 0.263. The summed E-state index contributed by atoms with van der Waals surface area (Å²) >= 11 is 0. The van der Waals surface area contributed by atoms with Gasteiger partial charge in [0.05, 0.1) is 22.9 Å². The van der Waals surface area contributed by atoms with E-state index in [4.69, 9.17) is 0 Å². The van der Waals surface area contributed by atoms with E-state index in [9.17, 15) is 26.3 Å². The minimum absolute atomic E-state index is 0.0507. The zero-order valence-corrected chi connectivity index (χ0v) is 14.9. The van der Waals surface area contributed by atoms with Gasteiger partial charge >= 0.3 is 12.4 Å². The molecule has 0 aromatic carbocycles. The van der Waals surface area contributed by atoms with Gasteiger partial charge in [-0.2, -0.15) is 31.4 Å². The number of hydrogen-bond donors (Lipinski definition) is 1. The number of alkyl halides is 6. The van der Waals surface area contributed by atoms with Crippen molar-refractivity contribution in [2.45, 2.75) is 25.7 Å². The van der Waals surface area contributed by atoms with Crippen molar-refractivity contribution in [2.75, 3.05) is 0 Å². The van der Waals surface area contributed by atoms with Crippen LogP contribution >= 0.6 is 0 Å². The molecule has 3 aromatic heterocycles. The van der Waals surface area contributed by atoms with Crippen LogP contribution in [0.15, 0.2) is 48.4 Å². The number of allylic oxidation sites excluding steroid dienone is 4. The molecule has 4 nitrogen and oxygen atoms in total. The van der Waals surface area contributed by atoms with Gasteiger partial charge in [0.15, 0.2) is 0 Å². The first-order chi connectivity index (χ1) is 13.5. The maximum absolute atomic E-state index is 13.2. The van der Waals surface area contributed by atoms with Crippen molar-refractivity contribution in [3.8, 4) is 5.69 Å². The predicted molar refractivity (Wildman–Crippen MR) is 94.2 cm³/mol. The molecule has 0 aliphatic heterocycles. The van der Waals surface area contributed by atoms with Gasteiger partial charge in [0.2, 0.25) is 0 Å². The Bertz CT molecular complexity index is 1130. The molecule has 1 N–H and O–H groups in total. The molecule has 152 valence electrons. The second-order valence-corrected chi connectivity index (χ2v) is 6.78. The zero-order valence-electron chi connectivity index (χ0n) is 14.9. The normalized spacial score (nSPS) is 18.1. The van der Waals surface area contributed by atoms with E-state index < -0.39 is 30.3 Å². The summed E-state index contributed by atoms with van der Waals surface area (Å²) in [6.07, 6.45) is -4.54. The van der Waals surface area contributed by atoms with Crippen molar-refractivity contribution in [3.05, 3.63) is 59.7 Å². The molecule has 0 radical (unpaired) electrons. The van der Waals surface area contributed by atoms with Gasteiger partial charge in [0.25, 0.3) is 0 Å². The Kier molecular flexibility index (Phi) is 4.32. The molecule has 0 spiro atoms. The minimum atomic E-state index is -4.87. The fourth-order valence-electron chi connectivity index (χ4n) is 3.43. The van der Waals surface area contributed by atoms with Crippen LogP contribution in [0.5, 0.6) is 0 Å². The summed E-state index contributed by atoms with van der Waals surface area (Å²) in [4.78, 5) is 7.09. The molecule has 0 bridgehead atoms. The Labute approximate surface area is 160 Å². The number of aromatic nitrogens is 4. The van der Waals surface area contributed by atoms with E-state index in [1.165, 1.54) is 17.1 Å². The van der Waals surface area contributed by atoms with E-state index in [1.54, 1.807) is 25.3 Å². The van der Waals surface area contributed by atoms with Crippen LogP contribution in [0.1, 0.15) is 17.7 Å². The number of aromatic amines is 1. The summed E-state index contributed by atoms with van der Waals surface area (Å²) in [5.74, 6) is -2.21. The highest BCUT2D eigenvalue weighted by atomic mass is 19.4. The largest absolute Gasteiger partial charge is 0.416 e. The first kappa shape index (κ1) is 19.3. The summed E-state index contributed by atoms with van der Waals surface area (Å²) in [5.41, 5.74) is 0.431. The molecule has 0 amide bonds. The fourth-order valence-corrected chi connectivity index (χ4v) is 3.43. The van der Waals surface area contributed by atoms with E-state index in [-0.39, 0.29) is 17.2 Å². The summed E-state index contributed by atoms with van der Waals surface area (Å²) in [5, 5.41) is 5.04. The second kappa shape index (κ2) is 6.50. The molecular weight excluding hydrogens is 398 g/mol. The van der Waals surface area contributed by atoms with Crippen molar-refractivity contribution >= 4 is 16.6 Å². The summed E-state index contributed by atoms with van der Waals surface area (Å²) in [7, 11) is 0. The monoisotopic (exact) mass is 412 g/mol.